The quantitative estimate of drug-likeness (QED) is 0.107. The molecule has 0 bridgehead atoms. The van der Waals surface area contributed by atoms with Gasteiger partial charge in [-0.1, -0.05) is 103 Å². The van der Waals surface area contributed by atoms with E-state index >= 15 is 0 Å². The molecule has 0 amide bonds. The molecule has 0 aliphatic rings. The first-order valence-electron chi connectivity index (χ1n) is 21.6. The molecule has 0 aliphatic heterocycles. The number of hydrogen-bond acceptors (Lipinski definition) is 3. The minimum Gasteiger partial charge on any atom is -0.333 e. The van der Waals surface area contributed by atoms with E-state index in [-0.39, 0.29) is 31.9 Å². The van der Waals surface area contributed by atoms with Crippen LogP contribution in [0.2, 0.25) is 17.3 Å². The van der Waals surface area contributed by atoms with Crippen molar-refractivity contribution >= 4 is 50.1 Å². The Kier molecular flexibility index (Phi) is 12.5. The molecule has 0 N–H and O–H groups in total. The van der Waals surface area contributed by atoms with E-state index in [2.05, 4.69) is 142 Å². The Morgan fingerprint density at radius 3 is 2.10 bits per heavy atom. The molecule has 0 atom stereocenters. The molecule has 0 spiro atoms. The summed E-state index contributed by atoms with van der Waals surface area (Å²) in [6, 6.07) is 42.4. The first kappa shape index (κ1) is 39.3. The third-order valence-corrected chi connectivity index (χ3v) is 15.7. The third-order valence-electron chi connectivity index (χ3n) is 10.5. The maximum Gasteiger partial charge on any atom is 0.0774 e. The molecule has 0 saturated heterocycles. The van der Waals surface area contributed by atoms with Crippen LogP contribution in [0, 0.1) is 24.2 Å². The topological polar surface area (TPSA) is 30.7 Å². The van der Waals surface area contributed by atoms with Gasteiger partial charge in [0.25, 0.3) is 0 Å². The van der Waals surface area contributed by atoms with Crippen LogP contribution in [0.25, 0.3) is 60.6 Å². The maximum absolute atomic E-state index is 7.99. The molecule has 58 heavy (non-hydrogen) atoms. The van der Waals surface area contributed by atoms with E-state index in [1.807, 2.05) is 42.5 Å². The molecule has 8 rings (SSSR count). The molecule has 0 fully saturated rings. The van der Waals surface area contributed by atoms with Gasteiger partial charge >= 0.3 is 126 Å². The number of aryl methyl sites for hydroxylation is 1. The smallest absolute Gasteiger partial charge is 0.0774 e. The summed E-state index contributed by atoms with van der Waals surface area (Å²) in [5.41, 5.74) is 12.8. The minimum absolute atomic E-state index is 0. The van der Waals surface area contributed by atoms with E-state index in [1.165, 1.54) is 39.2 Å². The Morgan fingerprint density at radius 1 is 0.776 bits per heavy atom. The van der Waals surface area contributed by atoms with Crippen LogP contribution in [0.3, 0.4) is 0 Å². The van der Waals surface area contributed by atoms with Gasteiger partial charge in [-0.25, -0.2) is 0 Å². The van der Waals surface area contributed by atoms with Gasteiger partial charge in [-0.3, -0.25) is 16.3 Å². The second kappa shape index (κ2) is 18.4. The summed E-state index contributed by atoms with van der Waals surface area (Å²) in [7, 11) is 0. The van der Waals surface area contributed by atoms with Crippen molar-refractivity contribution in [2.24, 2.45) is 5.92 Å². The summed E-state index contributed by atoms with van der Waals surface area (Å²) in [6.45, 7) is 11.4. The Morgan fingerprint density at radius 2 is 1.47 bits per heavy atom. The molecule has 5 aromatic carbocycles. The predicted molar refractivity (Wildman–Crippen MR) is 249 cm³/mol. The number of para-hydroxylation sites is 2. The van der Waals surface area contributed by atoms with E-state index in [1.54, 1.807) is 16.5 Å². The molecule has 3 aromatic heterocycles. The van der Waals surface area contributed by atoms with Crippen LogP contribution in [0.15, 0.2) is 121 Å². The van der Waals surface area contributed by atoms with Gasteiger partial charge in [-0.15, -0.1) is 11.5 Å². The Balaban J connectivity index is 0.000000250. The van der Waals surface area contributed by atoms with E-state index in [9.17, 15) is 0 Å². The molecule has 1 radical (unpaired) electrons. The summed E-state index contributed by atoms with van der Waals surface area (Å²) in [5.74, 6) is 9.30. The fourth-order valence-electron chi connectivity index (χ4n) is 7.66. The Hall–Kier alpha value is -4.13. The number of fused-ring (bicyclic) bond motifs is 2. The van der Waals surface area contributed by atoms with Crippen LogP contribution in [-0.2, 0) is 26.5 Å². The van der Waals surface area contributed by atoms with Crippen molar-refractivity contribution in [2.75, 3.05) is 0 Å². The van der Waals surface area contributed by atoms with E-state index in [4.69, 9.17) is 14.1 Å². The largest absolute Gasteiger partial charge is 0.333 e. The van der Waals surface area contributed by atoms with Crippen LogP contribution in [-0.4, -0.2) is 27.8 Å². The average Bonchev–Trinajstić information content (AvgIpc) is 3.81. The zero-order valence-corrected chi connectivity index (χ0v) is 40.4. The van der Waals surface area contributed by atoms with Crippen molar-refractivity contribution in [1.82, 2.24) is 14.5 Å². The molecule has 6 heteroatoms. The van der Waals surface area contributed by atoms with Gasteiger partial charge in [0.15, 0.2) is 0 Å². The van der Waals surface area contributed by atoms with Crippen molar-refractivity contribution in [3.05, 3.63) is 155 Å². The number of imidazole rings is 1. The van der Waals surface area contributed by atoms with Gasteiger partial charge in [-0.2, -0.15) is 0 Å². The van der Waals surface area contributed by atoms with Crippen molar-refractivity contribution in [1.29, 1.82) is 0 Å². The molecule has 8 aromatic rings. The monoisotopic (exact) mass is 1020 g/mol. The second-order valence-electron chi connectivity index (χ2n) is 17.1. The summed E-state index contributed by atoms with van der Waals surface area (Å²) in [6.07, 6.45) is 3.27. The Labute approximate surface area is 370 Å². The molecule has 3 nitrogen and oxygen atoms in total. The molecule has 3 heterocycles. The van der Waals surface area contributed by atoms with Gasteiger partial charge in [0.2, 0.25) is 0 Å². The zero-order chi connectivity index (χ0) is 42.9. The van der Waals surface area contributed by atoms with Crippen LogP contribution >= 0.6 is 11.3 Å². The fraction of sp³-hybridized carbons (Fsp3) is 0.269. The number of rotatable bonds is 9. The van der Waals surface area contributed by atoms with Gasteiger partial charge < -0.3 is 4.57 Å². The molecule has 0 unspecified atom stereocenters. The first-order valence-corrected chi connectivity index (χ1v) is 28.3. The van der Waals surface area contributed by atoms with Gasteiger partial charge in [0.1, 0.15) is 0 Å². The number of benzene rings is 5. The molecule has 0 saturated carbocycles. The van der Waals surface area contributed by atoms with Crippen molar-refractivity contribution < 1.29 is 24.2 Å². The molecular weight excluding hydrogens is 963 g/mol. The zero-order valence-electron chi connectivity index (χ0n) is 38.1. The molecule has 299 valence electrons. The first-order chi connectivity index (χ1) is 28.5. The summed E-state index contributed by atoms with van der Waals surface area (Å²) < 4.78 is 28.8. The normalized spacial score (nSPS) is 12.7. The van der Waals surface area contributed by atoms with Crippen LogP contribution in [0.1, 0.15) is 79.7 Å². The number of nitrogens with zero attached hydrogens (tertiary/aromatic N) is 3. The predicted octanol–water partition coefficient (Wildman–Crippen LogP) is 14.2. The van der Waals surface area contributed by atoms with Crippen molar-refractivity contribution in [2.45, 2.75) is 83.9 Å². The standard InChI is InChI=1S/C34H31N2S.C18H24GeN.Ir/c1-21(2)26-18-25(24-11-7-6-8-12-24)19-27(22(3)4)33(26)36-31-14-10-9-13-30(31)35-34(36)29-20-37-32-16-15-23(5)17-28(29)32;1-14(2)11-16-12-18(15-9-7-6-8-10-15)20-13-17(16)19(3,4)5;/h6-19,21-22H,1-5H3;6-9,12-14H,11H2,1-5H3;/q2*-1;/i5D3;;. The molecular formula is C52H55GeIrN3S-2. The van der Waals surface area contributed by atoms with Crippen molar-refractivity contribution in [3.8, 4) is 39.5 Å². The van der Waals surface area contributed by atoms with Crippen LogP contribution in [0.5, 0.6) is 0 Å². The van der Waals surface area contributed by atoms with Gasteiger partial charge in [-0.05, 0) is 65.2 Å². The average molecular weight is 1020 g/mol. The second-order valence-corrected chi connectivity index (χ2v) is 28.5. The summed E-state index contributed by atoms with van der Waals surface area (Å²) in [5, 5.41) is 4.36. The number of hydrogen-bond donors (Lipinski definition) is 0. The third kappa shape index (κ3) is 9.34. The van der Waals surface area contributed by atoms with Crippen molar-refractivity contribution in [3.63, 3.8) is 0 Å². The summed E-state index contributed by atoms with van der Waals surface area (Å²) in [4.78, 5) is 9.85. The van der Waals surface area contributed by atoms with Crippen LogP contribution < -0.4 is 4.40 Å². The van der Waals surface area contributed by atoms with E-state index < -0.39 is 20.1 Å². The summed E-state index contributed by atoms with van der Waals surface area (Å²) >= 11 is -0.357. The number of pyridine rings is 1. The number of aromatic nitrogens is 3. The van der Waals surface area contributed by atoms with Gasteiger partial charge in [0.05, 0.1) is 16.9 Å². The number of thiophene rings is 1. The van der Waals surface area contributed by atoms with Crippen LogP contribution in [0.4, 0.5) is 0 Å². The van der Waals surface area contributed by atoms with Gasteiger partial charge in [0, 0.05) is 29.9 Å². The minimum atomic E-state index is -2.18. The molecule has 0 aliphatic carbocycles. The fourth-order valence-corrected chi connectivity index (χ4v) is 11.8. The Bertz CT molecular complexity index is 2720. The SMILES string of the molecule is CC(C)Cc1cc(-c2[c-]cccc2)nc[c]1[Ge]([CH3])([CH3])[CH3].[2H]C([2H])([2H])c1ccc2s[c-]c(-c3nc4ccccc4n3-c3c(C(C)C)cc(-c4ccccc4)cc3C(C)C)c2c1.[Ir]. The van der Waals surface area contributed by atoms with E-state index in [0.29, 0.717) is 11.5 Å². The maximum atomic E-state index is 7.99. The van der Waals surface area contributed by atoms with E-state index in [0.717, 1.165) is 55.9 Å².